The van der Waals surface area contributed by atoms with E-state index in [0.29, 0.717) is 16.1 Å². The maximum absolute atomic E-state index is 13.1. The van der Waals surface area contributed by atoms with E-state index in [1.807, 2.05) is 0 Å². The van der Waals surface area contributed by atoms with Gasteiger partial charge in [-0.05, 0) is 42.0 Å². The Bertz CT molecular complexity index is 1030. The Morgan fingerprint density at radius 2 is 1.81 bits per heavy atom. The molecule has 1 atom stereocenters. The Kier molecular flexibility index (Phi) is 5.88. The van der Waals surface area contributed by atoms with Crippen LogP contribution in [0.15, 0.2) is 84.0 Å². The van der Waals surface area contributed by atoms with Crippen LogP contribution in [0.1, 0.15) is 21.2 Å². The minimum absolute atomic E-state index is 0.0890. The molecule has 2 aromatic carbocycles. The molecule has 1 aromatic heterocycles. The molecule has 3 aromatic rings. The van der Waals surface area contributed by atoms with Crippen molar-refractivity contribution in [2.45, 2.75) is 10.1 Å². The Morgan fingerprint density at radius 3 is 2.48 bits per heavy atom. The van der Waals surface area contributed by atoms with Crippen LogP contribution in [-0.4, -0.2) is 25.9 Å². The Morgan fingerprint density at radius 1 is 1.04 bits per heavy atom. The Hall–Kier alpha value is -2.70. The molecular formula is C20H17ClN2O3S. The predicted octanol–water partition coefficient (Wildman–Crippen LogP) is 3.68. The molecule has 1 N–H and O–H groups in total. The second-order valence-corrected chi connectivity index (χ2v) is 8.42. The lowest BCUT2D eigenvalue weighted by atomic mass is 10.2. The molecule has 0 aliphatic carbocycles. The van der Waals surface area contributed by atoms with Crippen LogP contribution >= 0.6 is 11.6 Å². The van der Waals surface area contributed by atoms with Gasteiger partial charge in [0.25, 0.3) is 5.91 Å². The highest BCUT2D eigenvalue weighted by Gasteiger charge is 2.29. The number of nitrogens with zero attached hydrogens (tertiary/aromatic N) is 1. The highest BCUT2D eigenvalue weighted by molar-refractivity contribution is 7.91. The van der Waals surface area contributed by atoms with Gasteiger partial charge in [0.05, 0.1) is 4.90 Å². The van der Waals surface area contributed by atoms with Crippen molar-refractivity contribution in [1.29, 1.82) is 0 Å². The van der Waals surface area contributed by atoms with Crippen LogP contribution in [0.4, 0.5) is 0 Å². The molecule has 5 nitrogen and oxygen atoms in total. The Labute approximate surface area is 163 Å². The SMILES string of the molecule is O=C(NC[C@@H](c1cccnc1)S(=O)(=O)c1ccccc1)c1cccc(Cl)c1. The lowest BCUT2D eigenvalue weighted by molar-refractivity contribution is 0.0953. The van der Waals surface area contributed by atoms with E-state index >= 15 is 0 Å². The maximum Gasteiger partial charge on any atom is 0.251 e. The number of pyridine rings is 1. The van der Waals surface area contributed by atoms with E-state index in [4.69, 9.17) is 11.6 Å². The minimum Gasteiger partial charge on any atom is -0.350 e. The first-order valence-corrected chi connectivity index (χ1v) is 10.1. The molecule has 7 heteroatoms. The van der Waals surface area contributed by atoms with Gasteiger partial charge in [0.15, 0.2) is 9.84 Å². The number of carbonyl (C=O) groups excluding carboxylic acids is 1. The standard InChI is InChI=1S/C20H17ClN2O3S/c21-17-8-4-6-15(12-17)20(24)23-14-19(16-7-5-11-22-13-16)27(25,26)18-9-2-1-3-10-18/h1-13,19H,14H2,(H,23,24)/t19-/m0/s1. The fourth-order valence-corrected chi connectivity index (χ4v) is 4.52. The van der Waals surface area contributed by atoms with Crippen molar-refractivity contribution in [3.8, 4) is 0 Å². The lowest BCUT2D eigenvalue weighted by Crippen LogP contribution is -2.32. The topological polar surface area (TPSA) is 76.1 Å². The monoisotopic (exact) mass is 400 g/mol. The second-order valence-electron chi connectivity index (χ2n) is 5.85. The molecule has 3 rings (SSSR count). The third kappa shape index (κ3) is 4.53. The van der Waals surface area contributed by atoms with Crippen LogP contribution in [0, 0.1) is 0 Å². The number of aromatic nitrogens is 1. The lowest BCUT2D eigenvalue weighted by Gasteiger charge is -2.19. The van der Waals surface area contributed by atoms with E-state index in [1.165, 1.54) is 24.4 Å². The fourth-order valence-electron chi connectivity index (χ4n) is 2.66. The van der Waals surface area contributed by atoms with Gasteiger partial charge in [0, 0.05) is 29.5 Å². The van der Waals surface area contributed by atoms with Crippen molar-refractivity contribution in [1.82, 2.24) is 10.3 Å². The number of hydrogen-bond donors (Lipinski definition) is 1. The molecule has 138 valence electrons. The summed E-state index contributed by atoms with van der Waals surface area (Å²) in [6.07, 6.45) is 3.07. The average Bonchev–Trinajstić information content (AvgIpc) is 2.69. The summed E-state index contributed by atoms with van der Waals surface area (Å²) < 4.78 is 26.3. The van der Waals surface area contributed by atoms with E-state index in [2.05, 4.69) is 10.3 Å². The second kappa shape index (κ2) is 8.33. The van der Waals surface area contributed by atoms with Gasteiger partial charge >= 0.3 is 0 Å². The molecule has 0 spiro atoms. The van der Waals surface area contributed by atoms with Crippen molar-refractivity contribution in [2.24, 2.45) is 0 Å². The van der Waals surface area contributed by atoms with Crippen molar-refractivity contribution in [3.63, 3.8) is 0 Å². The molecule has 0 saturated heterocycles. The van der Waals surface area contributed by atoms with E-state index in [-0.39, 0.29) is 11.4 Å². The smallest absolute Gasteiger partial charge is 0.251 e. The highest BCUT2D eigenvalue weighted by Crippen LogP contribution is 2.28. The van der Waals surface area contributed by atoms with Gasteiger partial charge in [-0.25, -0.2) is 8.42 Å². The van der Waals surface area contributed by atoms with Crippen molar-refractivity contribution < 1.29 is 13.2 Å². The fraction of sp³-hybridized carbons (Fsp3) is 0.100. The molecule has 0 fully saturated rings. The first-order chi connectivity index (χ1) is 13.0. The number of amides is 1. The summed E-state index contributed by atoms with van der Waals surface area (Å²) in [4.78, 5) is 16.6. The number of sulfone groups is 1. The minimum atomic E-state index is -3.72. The predicted molar refractivity (Wildman–Crippen MR) is 104 cm³/mol. The van der Waals surface area contributed by atoms with Crippen LogP contribution in [0.2, 0.25) is 5.02 Å². The van der Waals surface area contributed by atoms with Gasteiger partial charge in [0.2, 0.25) is 0 Å². The molecule has 0 aliphatic heterocycles. The van der Waals surface area contributed by atoms with Crippen LogP contribution in [0.5, 0.6) is 0 Å². The first kappa shape index (κ1) is 19.1. The summed E-state index contributed by atoms with van der Waals surface area (Å²) in [6.45, 7) is -0.0890. The van der Waals surface area contributed by atoms with Gasteiger partial charge in [-0.15, -0.1) is 0 Å². The largest absolute Gasteiger partial charge is 0.350 e. The van der Waals surface area contributed by atoms with Gasteiger partial charge in [0.1, 0.15) is 5.25 Å². The van der Waals surface area contributed by atoms with Crippen LogP contribution in [0.3, 0.4) is 0 Å². The third-order valence-corrected chi connectivity index (χ3v) is 6.39. The summed E-state index contributed by atoms with van der Waals surface area (Å²) in [5.41, 5.74) is 0.872. The third-order valence-electron chi connectivity index (χ3n) is 4.04. The molecule has 0 bridgehead atoms. The number of benzene rings is 2. The molecule has 0 saturated carbocycles. The van der Waals surface area contributed by atoms with E-state index in [1.54, 1.807) is 54.7 Å². The number of nitrogens with one attached hydrogen (secondary N) is 1. The summed E-state index contributed by atoms with van der Waals surface area (Å²) in [5, 5.41) is 2.17. The zero-order chi connectivity index (χ0) is 19.3. The van der Waals surface area contributed by atoms with Crippen LogP contribution < -0.4 is 5.32 Å². The molecule has 0 radical (unpaired) electrons. The van der Waals surface area contributed by atoms with Crippen LogP contribution in [-0.2, 0) is 9.84 Å². The van der Waals surface area contributed by atoms with Gasteiger partial charge < -0.3 is 5.32 Å². The highest BCUT2D eigenvalue weighted by atomic mass is 35.5. The number of rotatable bonds is 6. The van der Waals surface area contributed by atoms with E-state index < -0.39 is 21.0 Å². The average molecular weight is 401 g/mol. The normalized spacial score (nSPS) is 12.3. The Balaban J connectivity index is 1.89. The molecule has 0 aliphatic rings. The molecule has 27 heavy (non-hydrogen) atoms. The van der Waals surface area contributed by atoms with Gasteiger partial charge in [-0.3, -0.25) is 9.78 Å². The first-order valence-electron chi connectivity index (χ1n) is 8.21. The van der Waals surface area contributed by atoms with Crippen molar-refractivity contribution >= 4 is 27.3 Å². The maximum atomic E-state index is 13.1. The number of hydrogen-bond acceptors (Lipinski definition) is 4. The zero-order valence-corrected chi connectivity index (χ0v) is 15.8. The summed E-state index contributed by atoms with van der Waals surface area (Å²) in [6, 6.07) is 18.0. The van der Waals surface area contributed by atoms with Crippen LogP contribution in [0.25, 0.3) is 0 Å². The summed E-state index contributed by atoms with van der Waals surface area (Å²) >= 11 is 5.92. The molecule has 1 amide bonds. The van der Waals surface area contributed by atoms with Crippen molar-refractivity contribution in [3.05, 3.63) is 95.3 Å². The number of carbonyl (C=O) groups is 1. The van der Waals surface area contributed by atoms with E-state index in [0.717, 1.165) is 0 Å². The van der Waals surface area contributed by atoms with Gasteiger partial charge in [-0.2, -0.15) is 0 Å². The van der Waals surface area contributed by atoms with Gasteiger partial charge in [-0.1, -0.05) is 41.9 Å². The molecular weight excluding hydrogens is 384 g/mol. The molecule has 1 heterocycles. The summed E-state index contributed by atoms with van der Waals surface area (Å²) in [5.74, 6) is -0.394. The van der Waals surface area contributed by atoms with E-state index in [9.17, 15) is 13.2 Å². The molecule has 0 unspecified atom stereocenters. The zero-order valence-electron chi connectivity index (χ0n) is 14.2. The summed E-state index contributed by atoms with van der Waals surface area (Å²) in [7, 11) is -3.72. The van der Waals surface area contributed by atoms with Crippen molar-refractivity contribution in [2.75, 3.05) is 6.54 Å². The quantitative estimate of drug-likeness (QED) is 0.684. The number of halogens is 1.